The van der Waals surface area contributed by atoms with Crippen molar-refractivity contribution in [3.05, 3.63) is 36.4 Å². The first-order chi connectivity index (χ1) is 7.29. The van der Waals surface area contributed by atoms with Gasteiger partial charge in [-0.15, -0.1) is 0 Å². The molecule has 2 aromatic rings. The molecule has 0 amide bonds. The number of para-hydroxylation sites is 1. The predicted molar refractivity (Wildman–Crippen MR) is 60.1 cm³/mol. The van der Waals surface area contributed by atoms with Gasteiger partial charge in [-0.05, 0) is 19.1 Å². The van der Waals surface area contributed by atoms with E-state index in [-0.39, 0.29) is 0 Å². The number of carbonyl (C=O) groups excluding carboxylic acids is 1. The standard InChI is InChI=1S/C11H9NO2S/c1-2-5-10(13)14-11-12-8-6-3-4-7-9(8)15-11/h2-7H,1H3. The van der Waals surface area contributed by atoms with Gasteiger partial charge in [0.05, 0.1) is 10.2 Å². The number of allylic oxidation sites excluding steroid dienone is 1. The average Bonchev–Trinajstić information content (AvgIpc) is 2.59. The number of rotatable bonds is 2. The van der Waals surface area contributed by atoms with E-state index >= 15 is 0 Å². The van der Waals surface area contributed by atoms with Crippen molar-refractivity contribution in [2.24, 2.45) is 0 Å². The quantitative estimate of drug-likeness (QED) is 0.576. The Balaban J connectivity index is 2.26. The summed E-state index contributed by atoms with van der Waals surface area (Å²) < 4.78 is 6.04. The fourth-order valence-electron chi connectivity index (χ4n) is 1.15. The molecule has 0 unspecified atom stereocenters. The van der Waals surface area contributed by atoms with Gasteiger partial charge >= 0.3 is 5.97 Å². The number of hydrogen-bond acceptors (Lipinski definition) is 4. The number of esters is 1. The number of hydrogen-bond donors (Lipinski definition) is 0. The molecule has 2 rings (SSSR count). The van der Waals surface area contributed by atoms with Gasteiger partial charge in [0.25, 0.3) is 5.19 Å². The molecule has 3 nitrogen and oxygen atoms in total. The number of fused-ring (bicyclic) bond motifs is 1. The number of carbonyl (C=O) groups is 1. The lowest BCUT2D eigenvalue weighted by molar-refractivity contribution is -0.128. The highest BCUT2D eigenvalue weighted by molar-refractivity contribution is 7.20. The molecule has 0 radical (unpaired) electrons. The van der Waals surface area contributed by atoms with Gasteiger partial charge in [-0.2, -0.15) is 0 Å². The van der Waals surface area contributed by atoms with Crippen LogP contribution in [0.15, 0.2) is 36.4 Å². The fraction of sp³-hybridized carbons (Fsp3) is 0.0909. The van der Waals surface area contributed by atoms with Gasteiger partial charge in [0.15, 0.2) is 0 Å². The Morgan fingerprint density at radius 1 is 1.47 bits per heavy atom. The number of thiazole rings is 1. The van der Waals surface area contributed by atoms with E-state index in [0.29, 0.717) is 5.19 Å². The van der Waals surface area contributed by atoms with Gasteiger partial charge in [0, 0.05) is 6.08 Å². The topological polar surface area (TPSA) is 39.2 Å². The molecule has 1 aromatic carbocycles. The molecule has 1 heterocycles. The van der Waals surface area contributed by atoms with Crippen LogP contribution in [0.3, 0.4) is 0 Å². The number of ether oxygens (including phenoxy) is 1. The van der Waals surface area contributed by atoms with Crippen LogP contribution in [0.2, 0.25) is 0 Å². The Morgan fingerprint density at radius 3 is 3.00 bits per heavy atom. The summed E-state index contributed by atoms with van der Waals surface area (Å²) >= 11 is 1.36. The zero-order chi connectivity index (χ0) is 10.7. The van der Waals surface area contributed by atoms with E-state index in [4.69, 9.17) is 4.74 Å². The lowest BCUT2D eigenvalue weighted by Gasteiger charge is -1.92. The Bertz CT molecular complexity index is 483. The van der Waals surface area contributed by atoms with E-state index in [2.05, 4.69) is 4.98 Å². The molecule has 76 valence electrons. The third-order valence-electron chi connectivity index (χ3n) is 1.76. The summed E-state index contributed by atoms with van der Waals surface area (Å²) in [7, 11) is 0. The fourth-order valence-corrected chi connectivity index (χ4v) is 1.97. The number of benzene rings is 1. The van der Waals surface area contributed by atoms with Crippen LogP contribution >= 0.6 is 11.3 Å². The molecule has 0 aliphatic heterocycles. The lowest BCUT2D eigenvalue weighted by atomic mass is 10.3. The summed E-state index contributed by atoms with van der Waals surface area (Å²) in [5.41, 5.74) is 0.853. The van der Waals surface area contributed by atoms with Gasteiger partial charge < -0.3 is 4.74 Å². The van der Waals surface area contributed by atoms with Crippen molar-refractivity contribution in [3.8, 4) is 5.19 Å². The van der Waals surface area contributed by atoms with Crippen LogP contribution in [0.1, 0.15) is 6.92 Å². The first-order valence-electron chi connectivity index (χ1n) is 4.49. The maximum Gasteiger partial charge on any atom is 0.337 e. The molecular weight excluding hydrogens is 210 g/mol. The summed E-state index contributed by atoms with van der Waals surface area (Å²) in [5.74, 6) is -0.392. The highest BCUT2D eigenvalue weighted by Crippen LogP contribution is 2.27. The van der Waals surface area contributed by atoms with Crippen molar-refractivity contribution >= 4 is 27.5 Å². The first kappa shape index (κ1) is 9.86. The average molecular weight is 219 g/mol. The Hall–Kier alpha value is -1.68. The molecule has 0 saturated carbocycles. The van der Waals surface area contributed by atoms with Crippen molar-refractivity contribution in [2.45, 2.75) is 6.92 Å². The summed E-state index contributed by atoms with van der Waals surface area (Å²) in [6.45, 7) is 1.76. The minimum Gasteiger partial charge on any atom is -0.395 e. The van der Waals surface area contributed by atoms with E-state index < -0.39 is 5.97 Å². The largest absolute Gasteiger partial charge is 0.395 e. The molecule has 0 aliphatic rings. The molecule has 0 atom stereocenters. The maximum absolute atomic E-state index is 11.1. The van der Waals surface area contributed by atoms with E-state index in [9.17, 15) is 4.79 Å². The Kier molecular flexibility index (Phi) is 2.78. The second-order valence-corrected chi connectivity index (χ2v) is 3.86. The molecule has 0 fully saturated rings. The molecule has 0 spiro atoms. The zero-order valence-electron chi connectivity index (χ0n) is 8.14. The highest BCUT2D eigenvalue weighted by atomic mass is 32.1. The van der Waals surface area contributed by atoms with Crippen molar-refractivity contribution in [2.75, 3.05) is 0 Å². The lowest BCUT2D eigenvalue weighted by Crippen LogP contribution is -2.02. The van der Waals surface area contributed by atoms with E-state index in [1.807, 2.05) is 24.3 Å². The minimum absolute atomic E-state index is 0.388. The Labute approximate surface area is 91.0 Å². The third kappa shape index (κ3) is 2.22. The van der Waals surface area contributed by atoms with E-state index in [1.54, 1.807) is 13.0 Å². The van der Waals surface area contributed by atoms with Gasteiger partial charge in [-0.1, -0.05) is 29.5 Å². The van der Waals surface area contributed by atoms with E-state index in [0.717, 1.165) is 10.2 Å². The molecule has 0 bridgehead atoms. The first-order valence-corrected chi connectivity index (χ1v) is 5.31. The molecule has 15 heavy (non-hydrogen) atoms. The molecule has 4 heteroatoms. The SMILES string of the molecule is CC=CC(=O)Oc1nc2ccccc2s1. The summed E-state index contributed by atoms with van der Waals surface area (Å²) in [6.07, 6.45) is 3.00. The third-order valence-corrected chi connectivity index (χ3v) is 2.68. The molecular formula is C11H9NO2S. The van der Waals surface area contributed by atoms with Crippen LogP contribution in [0.4, 0.5) is 0 Å². The van der Waals surface area contributed by atoms with Crippen LogP contribution in [0.25, 0.3) is 10.2 Å². The van der Waals surface area contributed by atoms with Gasteiger partial charge in [0.1, 0.15) is 0 Å². The Morgan fingerprint density at radius 2 is 2.27 bits per heavy atom. The summed E-state index contributed by atoms with van der Waals surface area (Å²) in [6, 6.07) is 7.66. The van der Waals surface area contributed by atoms with Crippen LogP contribution in [-0.4, -0.2) is 11.0 Å². The highest BCUT2D eigenvalue weighted by Gasteiger charge is 2.06. The van der Waals surface area contributed by atoms with Crippen molar-refractivity contribution in [1.29, 1.82) is 0 Å². The molecule has 0 aliphatic carbocycles. The van der Waals surface area contributed by atoms with Gasteiger partial charge in [-0.3, -0.25) is 0 Å². The minimum atomic E-state index is -0.392. The van der Waals surface area contributed by atoms with Crippen LogP contribution in [0, 0.1) is 0 Å². The van der Waals surface area contributed by atoms with Gasteiger partial charge in [0.2, 0.25) is 0 Å². The molecule has 0 saturated heterocycles. The monoisotopic (exact) mass is 219 g/mol. The molecule has 1 aromatic heterocycles. The summed E-state index contributed by atoms with van der Waals surface area (Å²) in [4.78, 5) is 15.3. The van der Waals surface area contributed by atoms with Crippen molar-refractivity contribution < 1.29 is 9.53 Å². The summed E-state index contributed by atoms with van der Waals surface area (Å²) in [5, 5.41) is 0.388. The van der Waals surface area contributed by atoms with Crippen molar-refractivity contribution in [1.82, 2.24) is 4.98 Å². The van der Waals surface area contributed by atoms with Crippen LogP contribution in [-0.2, 0) is 4.79 Å². The van der Waals surface area contributed by atoms with Crippen LogP contribution < -0.4 is 4.74 Å². The normalized spacial score (nSPS) is 11.0. The maximum atomic E-state index is 11.1. The van der Waals surface area contributed by atoms with Gasteiger partial charge in [-0.25, -0.2) is 9.78 Å². The second kappa shape index (κ2) is 4.23. The second-order valence-electron chi connectivity index (χ2n) is 2.87. The number of aromatic nitrogens is 1. The number of nitrogens with zero attached hydrogens (tertiary/aromatic N) is 1. The smallest absolute Gasteiger partial charge is 0.337 e. The molecule has 0 N–H and O–H groups in total. The van der Waals surface area contributed by atoms with Crippen LogP contribution in [0.5, 0.6) is 5.19 Å². The predicted octanol–water partition coefficient (Wildman–Crippen LogP) is 2.78. The van der Waals surface area contributed by atoms with Crippen molar-refractivity contribution in [3.63, 3.8) is 0 Å². The van der Waals surface area contributed by atoms with E-state index in [1.165, 1.54) is 17.4 Å². The zero-order valence-corrected chi connectivity index (χ0v) is 8.95.